The number of benzene rings is 2. The monoisotopic (exact) mass is 297 g/mol. The van der Waals surface area contributed by atoms with Gasteiger partial charge in [-0.1, -0.05) is 18.2 Å². The lowest BCUT2D eigenvalue weighted by molar-refractivity contribution is -0.384. The van der Waals surface area contributed by atoms with E-state index < -0.39 is 4.92 Å². The molecule has 1 aliphatic carbocycles. The van der Waals surface area contributed by atoms with E-state index in [1.165, 1.54) is 6.07 Å². The predicted octanol–water partition coefficient (Wildman–Crippen LogP) is 3.42. The summed E-state index contributed by atoms with van der Waals surface area (Å²) in [4.78, 5) is 22.9. The molecule has 6 nitrogen and oxygen atoms in total. The molecule has 1 saturated carbocycles. The van der Waals surface area contributed by atoms with Crippen molar-refractivity contribution in [2.24, 2.45) is 0 Å². The molecule has 0 aromatic heterocycles. The van der Waals surface area contributed by atoms with Crippen molar-refractivity contribution in [1.82, 2.24) is 0 Å². The summed E-state index contributed by atoms with van der Waals surface area (Å²) in [6.45, 7) is 0. The number of para-hydroxylation sites is 1. The highest BCUT2D eigenvalue weighted by Crippen LogP contribution is 2.31. The lowest BCUT2D eigenvalue weighted by atomic mass is 10.1. The fourth-order valence-electron chi connectivity index (χ4n) is 2.12. The van der Waals surface area contributed by atoms with Gasteiger partial charge in [-0.3, -0.25) is 14.9 Å². The van der Waals surface area contributed by atoms with Crippen molar-refractivity contribution >= 4 is 23.0 Å². The second-order valence-corrected chi connectivity index (χ2v) is 5.23. The van der Waals surface area contributed by atoms with Crippen LogP contribution in [0.3, 0.4) is 0 Å². The van der Waals surface area contributed by atoms with Crippen LogP contribution in [0.2, 0.25) is 0 Å². The highest BCUT2D eigenvalue weighted by molar-refractivity contribution is 6.05. The minimum absolute atomic E-state index is 0.0763. The Hall–Kier alpha value is -2.89. The number of amides is 1. The molecule has 2 aromatic rings. The van der Waals surface area contributed by atoms with Crippen molar-refractivity contribution in [3.8, 4) is 0 Å². The molecule has 2 aromatic carbocycles. The quantitative estimate of drug-likeness (QED) is 0.654. The first kappa shape index (κ1) is 14.1. The summed E-state index contributed by atoms with van der Waals surface area (Å²) < 4.78 is 0. The topological polar surface area (TPSA) is 84.3 Å². The van der Waals surface area contributed by atoms with E-state index in [9.17, 15) is 14.9 Å². The molecule has 6 heteroatoms. The number of hydrogen-bond acceptors (Lipinski definition) is 4. The molecule has 1 aliphatic rings. The van der Waals surface area contributed by atoms with Crippen LogP contribution in [0.4, 0.5) is 17.1 Å². The molecule has 0 unspecified atom stereocenters. The van der Waals surface area contributed by atoms with Gasteiger partial charge in [-0.25, -0.2) is 0 Å². The number of carbonyl (C=O) groups excluding carboxylic acids is 1. The maximum absolute atomic E-state index is 12.2. The molecule has 112 valence electrons. The number of rotatable bonds is 5. The van der Waals surface area contributed by atoms with Crippen LogP contribution in [-0.2, 0) is 0 Å². The van der Waals surface area contributed by atoms with E-state index in [2.05, 4.69) is 10.6 Å². The van der Waals surface area contributed by atoms with Gasteiger partial charge in [0.15, 0.2) is 0 Å². The Kier molecular flexibility index (Phi) is 3.74. The van der Waals surface area contributed by atoms with Gasteiger partial charge in [-0.2, -0.15) is 0 Å². The molecule has 22 heavy (non-hydrogen) atoms. The highest BCUT2D eigenvalue weighted by Gasteiger charge is 2.25. The molecule has 0 bridgehead atoms. The van der Waals surface area contributed by atoms with E-state index in [1.807, 2.05) is 6.07 Å². The van der Waals surface area contributed by atoms with Gasteiger partial charge in [0.05, 0.1) is 4.92 Å². The summed E-state index contributed by atoms with van der Waals surface area (Å²) in [5, 5.41) is 17.0. The van der Waals surface area contributed by atoms with Crippen molar-refractivity contribution in [2.45, 2.75) is 18.9 Å². The highest BCUT2D eigenvalue weighted by atomic mass is 16.6. The number of nitrogens with one attached hydrogen (secondary N) is 2. The van der Waals surface area contributed by atoms with E-state index in [1.54, 1.807) is 36.4 Å². The Labute approximate surface area is 127 Å². The molecule has 0 aliphatic heterocycles. The third kappa shape index (κ3) is 3.22. The van der Waals surface area contributed by atoms with Crippen LogP contribution in [0.5, 0.6) is 0 Å². The van der Waals surface area contributed by atoms with E-state index >= 15 is 0 Å². The fourth-order valence-corrected chi connectivity index (χ4v) is 2.12. The largest absolute Gasteiger partial charge is 0.377 e. The molecule has 3 rings (SSSR count). The second kappa shape index (κ2) is 5.85. The summed E-state index contributed by atoms with van der Waals surface area (Å²) in [5.41, 5.74) is 1.30. The standard InChI is InChI=1S/C16H15N3O3/c20-16(18-12-4-2-1-3-5-12)11-6-9-14(17-13-7-8-13)15(10-11)19(21)22/h1-6,9-10,13,17H,7-8H2,(H,18,20). The lowest BCUT2D eigenvalue weighted by Gasteiger charge is -2.08. The Morgan fingerprint density at radius 2 is 1.86 bits per heavy atom. The molecule has 0 heterocycles. The average molecular weight is 297 g/mol. The third-order valence-electron chi connectivity index (χ3n) is 3.43. The van der Waals surface area contributed by atoms with Crippen molar-refractivity contribution < 1.29 is 9.72 Å². The van der Waals surface area contributed by atoms with Crippen LogP contribution in [0.25, 0.3) is 0 Å². The second-order valence-electron chi connectivity index (χ2n) is 5.23. The maximum atomic E-state index is 12.2. The average Bonchev–Trinajstić information content (AvgIpc) is 3.32. The fraction of sp³-hybridized carbons (Fsp3) is 0.188. The van der Waals surface area contributed by atoms with Crippen molar-refractivity contribution in [1.29, 1.82) is 0 Å². The minimum Gasteiger partial charge on any atom is -0.377 e. The Morgan fingerprint density at radius 3 is 2.50 bits per heavy atom. The number of nitrogens with zero attached hydrogens (tertiary/aromatic N) is 1. The van der Waals surface area contributed by atoms with E-state index in [-0.39, 0.29) is 17.2 Å². The van der Waals surface area contributed by atoms with Gasteiger partial charge in [0.25, 0.3) is 11.6 Å². The van der Waals surface area contributed by atoms with Crippen molar-refractivity contribution in [3.63, 3.8) is 0 Å². The summed E-state index contributed by atoms with van der Waals surface area (Å²) in [6, 6.07) is 13.8. The molecule has 0 spiro atoms. The van der Waals surface area contributed by atoms with Gasteiger partial charge in [0.1, 0.15) is 5.69 Å². The van der Waals surface area contributed by atoms with Gasteiger partial charge in [0.2, 0.25) is 0 Å². The van der Waals surface area contributed by atoms with E-state index in [4.69, 9.17) is 0 Å². The Morgan fingerprint density at radius 1 is 1.14 bits per heavy atom. The molecule has 0 saturated heterocycles. The first-order chi connectivity index (χ1) is 10.6. The minimum atomic E-state index is -0.468. The van der Waals surface area contributed by atoms with Gasteiger partial charge >= 0.3 is 0 Å². The Bertz CT molecular complexity index is 712. The summed E-state index contributed by atoms with van der Waals surface area (Å²) in [7, 11) is 0. The van der Waals surface area contributed by atoms with Gasteiger partial charge in [-0.15, -0.1) is 0 Å². The van der Waals surface area contributed by atoms with Gasteiger partial charge in [-0.05, 0) is 37.1 Å². The van der Waals surface area contributed by atoms with Crippen LogP contribution >= 0.6 is 0 Å². The summed E-state index contributed by atoms with van der Waals surface area (Å²) in [5.74, 6) is -0.368. The van der Waals surface area contributed by atoms with Crippen LogP contribution in [0.15, 0.2) is 48.5 Å². The van der Waals surface area contributed by atoms with E-state index in [0.29, 0.717) is 17.4 Å². The molecular formula is C16H15N3O3. The molecule has 1 amide bonds. The zero-order chi connectivity index (χ0) is 15.5. The predicted molar refractivity (Wildman–Crippen MR) is 84.1 cm³/mol. The maximum Gasteiger partial charge on any atom is 0.293 e. The number of nitro groups is 1. The SMILES string of the molecule is O=C(Nc1ccccc1)c1ccc(NC2CC2)c([N+](=O)[O-])c1. The first-order valence-corrected chi connectivity index (χ1v) is 7.05. The number of nitro benzene ring substituents is 1. The lowest BCUT2D eigenvalue weighted by Crippen LogP contribution is -2.13. The smallest absolute Gasteiger partial charge is 0.293 e. The Balaban J connectivity index is 1.82. The normalized spacial score (nSPS) is 13.5. The van der Waals surface area contributed by atoms with Crippen molar-refractivity contribution in [3.05, 3.63) is 64.2 Å². The van der Waals surface area contributed by atoms with Crippen LogP contribution < -0.4 is 10.6 Å². The van der Waals surface area contributed by atoms with Gasteiger partial charge < -0.3 is 10.6 Å². The molecule has 0 radical (unpaired) electrons. The number of hydrogen-bond donors (Lipinski definition) is 2. The summed E-state index contributed by atoms with van der Waals surface area (Å²) in [6.07, 6.45) is 2.04. The van der Waals surface area contributed by atoms with Crippen LogP contribution in [0.1, 0.15) is 23.2 Å². The zero-order valence-corrected chi connectivity index (χ0v) is 11.8. The third-order valence-corrected chi connectivity index (χ3v) is 3.43. The van der Waals surface area contributed by atoms with Crippen molar-refractivity contribution in [2.75, 3.05) is 10.6 Å². The van der Waals surface area contributed by atoms with E-state index in [0.717, 1.165) is 12.8 Å². The number of carbonyl (C=O) groups is 1. The molecular weight excluding hydrogens is 282 g/mol. The first-order valence-electron chi connectivity index (χ1n) is 7.05. The zero-order valence-electron chi connectivity index (χ0n) is 11.8. The molecule has 1 fully saturated rings. The summed E-state index contributed by atoms with van der Waals surface area (Å²) >= 11 is 0. The van der Waals surface area contributed by atoms with Crippen LogP contribution in [0, 0.1) is 10.1 Å². The molecule has 0 atom stereocenters. The molecule has 2 N–H and O–H groups in total. The van der Waals surface area contributed by atoms with Gasteiger partial charge in [0, 0.05) is 23.4 Å². The van der Waals surface area contributed by atoms with Crippen LogP contribution in [-0.4, -0.2) is 16.9 Å². The number of anilines is 2.